The van der Waals surface area contributed by atoms with Crippen molar-refractivity contribution < 1.29 is 36.3 Å². The van der Waals surface area contributed by atoms with E-state index in [0.29, 0.717) is 17.3 Å². The molecule has 2 aromatic rings. The Bertz CT molecular complexity index is 1310. The average Bonchev–Trinajstić information content (AvgIpc) is 2.93. The molecule has 0 unspecified atom stereocenters. The molecule has 0 atom stereocenters. The minimum Gasteiger partial charge on any atom is -0.475 e. The van der Waals surface area contributed by atoms with E-state index >= 15 is 0 Å². The molecule has 232 valence electrons. The fourth-order valence-corrected chi connectivity index (χ4v) is 5.84. The number of carbonyl (C=O) groups is 2. The van der Waals surface area contributed by atoms with E-state index in [0.717, 1.165) is 63.8 Å². The molecule has 42 heavy (non-hydrogen) atoms. The first kappa shape index (κ1) is 33.1. The van der Waals surface area contributed by atoms with Crippen LogP contribution >= 0.6 is 0 Å². The second kappa shape index (κ2) is 14.7. The second-order valence-electron chi connectivity index (χ2n) is 10.8. The Morgan fingerprint density at radius 2 is 1.69 bits per heavy atom. The summed E-state index contributed by atoms with van der Waals surface area (Å²) in [5.41, 5.74) is 1.79. The molecule has 0 bridgehead atoms. The fraction of sp³-hybridized carbons (Fsp3) is 0.536. The summed E-state index contributed by atoms with van der Waals surface area (Å²) in [6, 6.07) is 8.72. The Kier molecular flexibility index (Phi) is 11.6. The van der Waals surface area contributed by atoms with Crippen molar-refractivity contribution in [3.63, 3.8) is 0 Å². The smallest absolute Gasteiger partial charge is 0.475 e. The average molecular weight is 614 g/mol. The molecule has 4 rings (SSSR count). The first-order valence-electron chi connectivity index (χ1n) is 13.9. The van der Waals surface area contributed by atoms with Crippen molar-refractivity contribution in [3.05, 3.63) is 47.7 Å². The van der Waals surface area contributed by atoms with Gasteiger partial charge in [0.2, 0.25) is 0 Å². The molecule has 1 aliphatic heterocycles. The Morgan fingerprint density at radius 3 is 2.24 bits per heavy atom. The summed E-state index contributed by atoms with van der Waals surface area (Å²) in [7, 11) is -3.81. The van der Waals surface area contributed by atoms with Crippen LogP contribution in [0.1, 0.15) is 61.9 Å². The van der Waals surface area contributed by atoms with Gasteiger partial charge < -0.3 is 20.6 Å². The summed E-state index contributed by atoms with van der Waals surface area (Å²) >= 11 is 0. The molecule has 0 radical (unpaired) electrons. The number of pyridine rings is 1. The van der Waals surface area contributed by atoms with Gasteiger partial charge >= 0.3 is 12.1 Å². The number of piperazine rings is 1. The van der Waals surface area contributed by atoms with Crippen molar-refractivity contribution in [1.29, 1.82) is 0 Å². The third-order valence-corrected chi connectivity index (χ3v) is 8.24. The highest BCUT2D eigenvalue weighted by Gasteiger charge is 2.38. The van der Waals surface area contributed by atoms with E-state index < -0.39 is 22.2 Å². The number of benzene rings is 1. The van der Waals surface area contributed by atoms with Crippen molar-refractivity contribution in [2.24, 2.45) is 5.92 Å². The number of sulfonamides is 1. The normalized spacial score (nSPS) is 16.4. The van der Waals surface area contributed by atoms with Gasteiger partial charge in [-0.3, -0.25) is 9.52 Å². The van der Waals surface area contributed by atoms with Crippen LogP contribution in [0, 0.1) is 5.92 Å². The van der Waals surface area contributed by atoms with E-state index in [1.807, 2.05) is 12.1 Å². The van der Waals surface area contributed by atoms with Crippen LogP contribution in [-0.2, 0) is 21.2 Å². The number of rotatable bonds is 8. The van der Waals surface area contributed by atoms with Crippen LogP contribution in [0.5, 0.6) is 0 Å². The van der Waals surface area contributed by atoms with Gasteiger partial charge in [-0.05, 0) is 48.9 Å². The minimum absolute atomic E-state index is 0.150. The molecule has 1 saturated carbocycles. The topological polar surface area (TPSA) is 141 Å². The van der Waals surface area contributed by atoms with Gasteiger partial charge in [-0.25, -0.2) is 18.2 Å². The first-order valence-corrected chi connectivity index (χ1v) is 15.4. The minimum atomic E-state index is -5.08. The van der Waals surface area contributed by atoms with Gasteiger partial charge in [0.25, 0.3) is 15.9 Å². The predicted octanol–water partition coefficient (Wildman–Crippen LogP) is 4.19. The number of carboxylic acids is 1. The monoisotopic (exact) mass is 613 g/mol. The maximum absolute atomic E-state index is 13.3. The van der Waals surface area contributed by atoms with Gasteiger partial charge in [-0.2, -0.15) is 13.2 Å². The molecular weight excluding hydrogens is 575 g/mol. The van der Waals surface area contributed by atoms with Crippen LogP contribution in [0.4, 0.5) is 24.7 Å². The van der Waals surface area contributed by atoms with Crippen molar-refractivity contribution in [1.82, 2.24) is 15.6 Å². The molecule has 1 saturated heterocycles. The quantitative estimate of drug-likeness (QED) is 0.348. The molecule has 1 aliphatic carbocycles. The van der Waals surface area contributed by atoms with E-state index in [9.17, 15) is 26.4 Å². The number of hydrogen-bond donors (Lipinski definition) is 4. The van der Waals surface area contributed by atoms with E-state index in [4.69, 9.17) is 9.90 Å². The zero-order chi connectivity index (χ0) is 30.9. The number of amides is 1. The van der Waals surface area contributed by atoms with Crippen LogP contribution < -0.4 is 20.3 Å². The summed E-state index contributed by atoms with van der Waals surface area (Å²) in [5.74, 6) is -1.86. The number of nitrogens with one attached hydrogen (secondary N) is 3. The molecular formula is C28H38F3N5O5S. The molecule has 2 fully saturated rings. The molecule has 10 nitrogen and oxygen atoms in total. The van der Waals surface area contributed by atoms with Crippen LogP contribution in [0.15, 0.2) is 41.4 Å². The van der Waals surface area contributed by atoms with Gasteiger partial charge in [0, 0.05) is 32.2 Å². The summed E-state index contributed by atoms with van der Waals surface area (Å²) in [4.78, 5) is 29.0. The summed E-state index contributed by atoms with van der Waals surface area (Å²) in [6.45, 7) is 7.37. The lowest BCUT2D eigenvalue weighted by Gasteiger charge is -2.30. The zero-order valence-electron chi connectivity index (χ0n) is 23.7. The Balaban J connectivity index is 0.000000616. The number of anilines is 2. The largest absolute Gasteiger partial charge is 0.490 e. The van der Waals surface area contributed by atoms with Crippen LogP contribution in [0.25, 0.3) is 0 Å². The summed E-state index contributed by atoms with van der Waals surface area (Å²) < 4.78 is 60.5. The van der Waals surface area contributed by atoms with Crippen LogP contribution in [0.3, 0.4) is 0 Å². The summed E-state index contributed by atoms with van der Waals surface area (Å²) in [5, 5.41) is 13.6. The zero-order valence-corrected chi connectivity index (χ0v) is 24.5. The highest BCUT2D eigenvalue weighted by atomic mass is 32.2. The molecule has 2 heterocycles. The number of carbonyl (C=O) groups excluding carboxylic acids is 1. The maximum Gasteiger partial charge on any atom is 0.490 e. The van der Waals surface area contributed by atoms with Gasteiger partial charge in [0.1, 0.15) is 5.82 Å². The number of aliphatic carboxylic acids is 1. The van der Waals surface area contributed by atoms with E-state index in [-0.39, 0.29) is 22.5 Å². The molecule has 2 aliphatic rings. The molecule has 1 aromatic carbocycles. The van der Waals surface area contributed by atoms with Crippen molar-refractivity contribution >= 4 is 33.4 Å². The number of carboxylic acid groups (broad SMARTS) is 1. The van der Waals surface area contributed by atoms with Crippen molar-refractivity contribution in [2.45, 2.75) is 69.5 Å². The van der Waals surface area contributed by atoms with Crippen LogP contribution in [0.2, 0.25) is 0 Å². The molecule has 1 amide bonds. The molecule has 0 spiro atoms. The lowest BCUT2D eigenvalue weighted by atomic mass is 9.95. The molecule has 4 N–H and O–H groups in total. The first-order chi connectivity index (χ1) is 19.8. The van der Waals surface area contributed by atoms with E-state index in [2.05, 4.69) is 39.1 Å². The standard InChI is InChI=1S/C26H37N5O3S.C2HF3O2/c1-19(2)16-20-8-10-23(11-9-20)35(33,34)30-22-17-24(26(32)29-21-6-4-3-5-7-21)25(28-18-22)31-14-12-27-13-15-31;3-2(4,5)1(6)7/h8-11,17-19,21,27,30H,3-7,12-16H2,1-2H3,(H,29,32);(H,6,7). The molecule has 1 aromatic heterocycles. The Labute approximate surface area is 244 Å². The van der Waals surface area contributed by atoms with Gasteiger partial charge in [-0.1, -0.05) is 45.2 Å². The third-order valence-electron chi connectivity index (χ3n) is 6.84. The van der Waals surface area contributed by atoms with Crippen molar-refractivity contribution in [2.75, 3.05) is 35.8 Å². The number of aromatic nitrogens is 1. The summed E-state index contributed by atoms with van der Waals surface area (Å²) in [6.07, 6.45) is 2.69. The SMILES string of the molecule is CC(C)Cc1ccc(S(=O)(=O)Nc2cnc(N3CCNCC3)c(C(=O)NC3CCCCC3)c2)cc1.O=C(O)C(F)(F)F. The Morgan fingerprint density at radius 1 is 1.10 bits per heavy atom. The second-order valence-corrected chi connectivity index (χ2v) is 12.5. The maximum atomic E-state index is 13.3. The highest BCUT2D eigenvalue weighted by molar-refractivity contribution is 7.92. The Hall–Kier alpha value is -3.39. The van der Waals surface area contributed by atoms with Gasteiger partial charge in [0.15, 0.2) is 0 Å². The molecule has 14 heteroatoms. The third kappa shape index (κ3) is 9.86. The number of alkyl halides is 3. The van der Waals surface area contributed by atoms with Crippen molar-refractivity contribution in [3.8, 4) is 0 Å². The van der Waals surface area contributed by atoms with E-state index in [1.165, 1.54) is 12.6 Å². The van der Waals surface area contributed by atoms with E-state index in [1.54, 1.807) is 18.2 Å². The fourth-order valence-electron chi connectivity index (χ4n) is 4.81. The van der Waals surface area contributed by atoms with Gasteiger partial charge in [-0.15, -0.1) is 0 Å². The highest BCUT2D eigenvalue weighted by Crippen LogP contribution is 2.26. The number of hydrogen-bond acceptors (Lipinski definition) is 7. The predicted molar refractivity (Wildman–Crippen MR) is 153 cm³/mol. The lowest BCUT2D eigenvalue weighted by molar-refractivity contribution is -0.192. The van der Waals surface area contributed by atoms with Crippen LogP contribution in [-0.4, -0.2) is 68.8 Å². The number of halogens is 3. The lowest BCUT2D eigenvalue weighted by Crippen LogP contribution is -2.45. The van der Waals surface area contributed by atoms with Gasteiger partial charge in [0.05, 0.1) is 22.3 Å². The number of nitrogens with zero attached hydrogens (tertiary/aromatic N) is 2.